The number of hydrogen-bond donors (Lipinski definition) is 0. The Balaban J connectivity index is 1.81. The topological polar surface area (TPSA) is 43.1 Å². The van der Waals surface area contributed by atoms with Crippen LogP contribution in [0.2, 0.25) is 0 Å². The van der Waals surface area contributed by atoms with Gasteiger partial charge in [-0.15, -0.1) is 0 Å². The Morgan fingerprint density at radius 1 is 0.875 bits per heavy atom. The summed E-state index contributed by atoms with van der Waals surface area (Å²) < 4.78 is 2.18. The lowest BCUT2D eigenvalue weighted by molar-refractivity contribution is 0.977. The molecule has 2 aromatic carbocycles. The summed E-state index contributed by atoms with van der Waals surface area (Å²) in [5.74, 6) is 1.72. The quantitative estimate of drug-likeness (QED) is 0.524. The van der Waals surface area contributed by atoms with Gasteiger partial charge in [-0.05, 0) is 23.8 Å². The van der Waals surface area contributed by atoms with Crippen molar-refractivity contribution >= 4 is 23.1 Å². The van der Waals surface area contributed by atoms with Crippen LogP contribution in [0, 0.1) is 0 Å². The standard InChI is InChI=1S/C20H14N4/c1-2-6-14(7-3-1)15-12-18-20(22-13-15)21-11-10-19-23-16-8-4-5-9-17(16)24(18)19/h1-9,11-13H,10H2. The molecule has 0 aliphatic carbocycles. The number of aromatic nitrogens is 3. The predicted octanol–water partition coefficient (Wildman–Crippen LogP) is 4.35. The van der Waals surface area contributed by atoms with Crippen molar-refractivity contribution in [1.29, 1.82) is 0 Å². The highest BCUT2D eigenvalue weighted by Gasteiger charge is 2.18. The van der Waals surface area contributed by atoms with E-state index < -0.39 is 0 Å². The number of benzene rings is 2. The molecule has 1 aliphatic rings. The zero-order valence-electron chi connectivity index (χ0n) is 12.9. The molecular formula is C20H14N4. The second kappa shape index (κ2) is 5.13. The smallest absolute Gasteiger partial charge is 0.176 e. The Kier molecular flexibility index (Phi) is 2.82. The maximum atomic E-state index is 4.76. The summed E-state index contributed by atoms with van der Waals surface area (Å²) >= 11 is 0. The minimum absolute atomic E-state index is 0.700. The minimum Gasteiger partial charge on any atom is -0.292 e. The van der Waals surface area contributed by atoms with Crippen LogP contribution in [0.25, 0.3) is 27.8 Å². The third-order valence-electron chi connectivity index (χ3n) is 4.31. The van der Waals surface area contributed by atoms with E-state index in [2.05, 4.69) is 38.8 Å². The molecule has 0 unspecified atom stereocenters. The second-order valence-electron chi connectivity index (χ2n) is 5.80. The van der Waals surface area contributed by atoms with Crippen molar-refractivity contribution in [3.05, 3.63) is 72.7 Å². The number of imidazole rings is 1. The first kappa shape index (κ1) is 13.2. The molecule has 0 radical (unpaired) electrons. The fraction of sp³-hybridized carbons (Fsp3) is 0.0500. The van der Waals surface area contributed by atoms with Gasteiger partial charge in [0, 0.05) is 24.4 Å². The number of hydrogen-bond acceptors (Lipinski definition) is 3. The third kappa shape index (κ3) is 1.97. The van der Waals surface area contributed by atoms with E-state index in [1.807, 2.05) is 48.8 Å². The molecule has 4 nitrogen and oxygen atoms in total. The number of pyridine rings is 1. The van der Waals surface area contributed by atoms with Crippen LogP contribution in [0.5, 0.6) is 0 Å². The van der Waals surface area contributed by atoms with Crippen LogP contribution in [0.4, 0.5) is 5.82 Å². The summed E-state index contributed by atoms with van der Waals surface area (Å²) in [5, 5.41) is 0. The molecule has 2 aromatic heterocycles. The zero-order chi connectivity index (χ0) is 15.9. The van der Waals surface area contributed by atoms with E-state index in [1.54, 1.807) is 0 Å². The van der Waals surface area contributed by atoms with Crippen molar-refractivity contribution in [2.24, 2.45) is 4.99 Å². The van der Waals surface area contributed by atoms with E-state index in [9.17, 15) is 0 Å². The summed E-state index contributed by atoms with van der Waals surface area (Å²) in [7, 11) is 0. The molecule has 0 fully saturated rings. The predicted molar refractivity (Wildman–Crippen MR) is 96.2 cm³/mol. The number of aliphatic imine (C=N–C) groups is 1. The van der Waals surface area contributed by atoms with Gasteiger partial charge in [-0.3, -0.25) is 4.57 Å². The van der Waals surface area contributed by atoms with Crippen LogP contribution in [0.3, 0.4) is 0 Å². The molecule has 0 saturated heterocycles. The Labute approximate surface area is 139 Å². The Morgan fingerprint density at radius 3 is 2.62 bits per heavy atom. The molecule has 114 valence electrons. The molecule has 4 heteroatoms. The van der Waals surface area contributed by atoms with Crippen LogP contribution in [-0.4, -0.2) is 20.7 Å². The molecule has 0 spiro atoms. The maximum Gasteiger partial charge on any atom is 0.176 e. The molecule has 1 aliphatic heterocycles. The highest BCUT2D eigenvalue weighted by Crippen LogP contribution is 2.32. The summed E-state index contributed by atoms with van der Waals surface area (Å²) in [5.41, 5.74) is 5.29. The van der Waals surface area contributed by atoms with Gasteiger partial charge in [-0.2, -0.15) is 0 Å². The molecule has 0 N–H and O–H groups in total. The SMILES string of the molecule is C1=Nc2ncc(-c3ccccc3)cc2-n2c(nc3ccccc32)C1. The van der Waals surface area contributed by atoms with Crippen molar-refractivity contribution in [1.82, 2.24) is 14.5 Å². The fourth-order valence-corrected chi connectivity index (χ4v) is 3.19. The van der Waals surface area contributed by atoms with Gasteiger partial charge in [-0.1, -0.05) is 42.5 Å². The first-order valence-electron chi connectivity index (χ1n) is 7.95. The lowest BCUT2D eigenvalue weighted by Gasteiger charge is -2.11. The Bertz CT molecular complexity index is 1080. The third-order valence-corrected chi connectivity index (χ3v) is 4.31. The van der Waals surface area contributed by atoms with Crippen LogP contribution < -0.4 is 0 Å². The van der Waals surface area contributed by atoms with Crippen molar-refractivity contribution in [2.75, 3.05) is 0 Å². The van der Waals surface area contributed by atoms with E-state index in [4.69, 9.17) is 4.98 Å². The maximum absolute atomic E-state index is 4.76. The van der Waals surface area contributed by atoms with E-state index >= 15 is 0 Å². The lowest BCUT2D eigenvalue weighted by Crippen LogP contribution is -2.01. The average Bonchev–Trinajstić information content (AvgIpc) is 2.91. The molecule has 0 saturated carbocycles. The minimum atomic E-state index is 0.700. The van der Waals surface area contributed by atoms with E-state index in [-0.39, 0.29) is 0 Å². The Hall–Kier alpha value is -3.27. The summed E-state index contributed by atoms with van der Waals surface area (Å²) in [6, 6.07) is 20.6. The zero-order valence-corrected chi connectivity index (χ0v) is 12.9. The van der Waals surface area contributed by atoms with Gasteiger partial charge in [0.05, 0.1) is 16.7 Å². The van der Waals surface area contributed by atoms with Gasteiger partial charge in [-0.25, -0.2) is 15.0 Å². The highest BCUT2D eigenvalue weighted by molar-refractivity contribution is 5.83. The summed E-state index contributed by atoms with van der Waals surface area (Å²) in [6.45, 7) is 0. The summed E-state index contributed by atoms with van der Waals surface area (Å²) in [4.78, 5) is 13.9. The number of nitrogens with zero attached hydrogens (tertiary/aromatic N) is 4. The van der Waals surface area contributed by atoms with Crippen LogP contribution in [0.1, 0.15) is 5.82 Å². The lowest BCUT2D eigenvalue weighted by atomic mass is 10.1. The first-order chi connectivity index (χ1) is 11.9. The molecule has 0 amide bonds. The number of rotatable bonds is 1. The van der Waals surface area contributed by atoms with Gasteiger partial charge in [0.2, 0.25) is 0 Å². The fourth-order valence-electron chi connectivity index (χ4n) is 3.19. The second-order valence-corrected chi connectivity index (χ2v) is 5.80. The van der Waals surface area contributed by atoms with Crippen molar-refractivity contribution in [3.63, 3.8) is 0 Å². The molecular weight excluding hydrogens is 296 g/mol. The van der Waals surface area contributed by atoms with Gasteiger partial charge in [0.15, 0.2) is 5.82 Å². The molecule has 24 heavy (non-hydrogen) atoms. The molecule has 4 aromatic rings. The normalized spacial score (nSPS) is 12.7. The molecule has 3 heterocycles. The van der Waals surface area contributed by atoms with E-state index in [0.29, 0.717) is 6.42 Å². The Morgan fingerprint density at radius 2 is 1.71 bits per heavy atom. The van der Waals surface area contributed by atoms with Gasteiger partial charge < -0.3 is 0 Å². The first-order valence-corrected chi connectivity index (χ1v) is 7.95. The van der Waals surface area contributed by atoms with Gasteiger partial charge in [0.1, 0.15) is 5.82 Å². The average molecular weight is 310 g/mol. The highest BCUT2D eigenvalue weighted by atomic mass is 15.1. The van der Waals surface area contributed by atoms with Crippen LogP contribution in [-0.2, 0) is 6.42 Å². The van der Waals surface area contributed by atoms with Crippen molar-refractivity contribution in [3.8, 4) is 16.8 Å². The summed E-state index contributed by atoms with van der Waals surface area (Å²) in [6.07, 6.45) is 4.47. The van der Waals surface area contributed by atoms with Crippen LogP contribution >= 0.6 is 0 Å². The monoisotopic (exact) mass is 310 g/mol. The van der Waals surface area contributed by atoms with E-state index in [1.165, 1.54) is 0 Å². The molecule has 5 rings (SSSR count). The number of para-hydroxylation sites is 2. The van der Waals surface area contributed by atoms with E-state index in [0.717, 1.165) is 39.5 Å². The van der Waals surface area contributed by atoms with Gasteiger partial charge >= 0.3 is 0 Å². The van der Waals surface area contributed by atoms with Crippen molar-refractivity contribution in [2.45, 2.75) is 6.42 Å². The largest absolute Gasteiger partial charge is 0.292 e. The van der Waals surface area contributed by atoms with Gasteiger partial charge in [0.25, 0.3) is 0 Å². The molecule has 0 atom stereocenters. The van der Waals surface area contributed by atoms with Crippen molar-refractivity contribution < 1.29 is 0 Å². The van der Waals surface area contributed by atoms with Crippen LogP contribution in [0.15, 0.2) is 71.9 Å². The molecule has 0 bridgehead atoms. The number of fused-ring (bicyclic) bond motifs is 5.